The van der Waals surface area contributed by atoms with E-state index in [2.05, 4.69) is 44.2 Å². The van der Waals surface area contributed by atoms with Crippen molar-refractivity contribution in [2.45, 2.75) is 0 Å². The number of rotatable bonds is 5. The third-order valence-corrected chi connectivity index (χ3v) is 5.33. The van der Waals surface area contributed by atoms with Crippen LogP contribution in [0.5, 0.6) is 5.75 Å². The molecule has 5 rings (SSSR count). The summed E-state index contributed by atoms with van der Waals surface area (Å²) in [4.78, 5) is 9.07. The molecule has 2 aromatic heterocycles. The molecule has 6 nitrogen and oxygen atoms in total. The first-order valence-electron chi connectivity index (χ1n) is 9.93. The summed E-state index contributed by atoms with van der Waals surface area (Å²) in [5.41, 5.74) is 8.66. The van der Waals surface area contributed by atoms with E-state index in [0.717, 1.165) is 44.9 Å². The van der Waals surface area contributed by atoms with Crippen LogP contribution in [0.3, 0.4) is 0 Å². The molecule has 0 atom stereocenters. The van der Waals surface area contributed by atoms with E-state index in [1.54, 1.807) is 7.11 Å². The lowest BCUT2D eigenvalue weighted by Gasteiger charge is -2.13. The van der Waals surface area contributed by atoms with E-state index in [-0.39, 0.29) is 0 Å². The van der Waals surface area contributed by atoms with Crippen LogP contribution in [0.4, 0.5) is 5.82 Å². The van der Waals surface area contributed by atoms with Crippen molar-refractivity contribution in [3.8, 4) is 33.8 Å². The summed E-state index contributed by atoms with van der Waals surface area (Å²) in [6.07, 6.45) is 1.53. The van der Waals surface area contributed by atoms with Crippen molar-refractivity contribution in [3.05, 3.63) is 91.3 Å². The van der Waals surface area contributed by atoms with E-state index >= 15 is 0 Å². The van der Waals surface area contributed by atoms with Crippen LogP contribution < -0.4 is 16.0 Å². The quantitative estimate of drug-likeness (QED) is 0.315. The summed E-state index contributed by atoms with van der Waals surface area (Å²) in [6.45, 7) is 0. The van der Waals surface area contributed by atoms with Crippen LogP contribution in [0.15, 0.2) is 91.3 Å². The van der Waals surface area contributed by atoms with Gasteiger partial charge in [0.1, 0.15) is 12.1 Å². The average molecular weight is 407 g/mol. The van der Waals surface area contributed by atoms with Gasteiger partial charge in [-0.05, 0) is 35.4 Å². The Morgan fingerprint density at radius 1 is 0.806 bits per heavy atom. The summed E-state index contributed by atoms with van der Waals surface area (Å²) < 4.78 is 7.50. The van der Waals surface area contributed by atoms with Gasteiger partial charge in [-0.1, -0.05) is 60.7 Å². The summed E-state index contributed by atoms with van der Waals surface area (Å²) in [7, 11) is 1.66. The van der Waals surface area contributed by atoms with Gasteiger partial charge in [0, 0.05) is 11.3 Å². The molecule has 3 N–H and O–H groups in total. The number of hydrogen-bond donors (Lipinski definition) is 2. The van der Waals surface area contributed by atoms with Gasteiger partial charge in [0.25, 0.3) is 0 Å². The number of ether oxygens (including phenoxy) is 1. The van der Waals surface area contributed by atoms with Crippen molar-refractivity contribution < 1.29 is 4.74 Å². The topological polar surface area (TPSA) is 78.0 Å². The zero-order chi connectivity index (χ0) is 21.2. The fraction of sp³-hybridized carbons (Fsp3) is 0.0400. The van der Waals surface area contributed by atoms with Crippen molar-refractivity contribution >= 4 is 16.9 Å². The highest BCUT2D eigenvalue weighted by molar-refractivity contribution is 6.09. The molecule has 0 amide bonds. The van der Waals surface area contributed by atoms with Gasteiger partial charge < -0.3 is 10.2 Å². The Morgan fingerprint density at radius 3 is 2.06 bits per heavy atom. The highest BCUT2D eigenvalue weighted by Crippen LogP contribution is 2.44. The molecule has 31 heavy (non-hydrogen) atoms. The van der Waals surface area contributed by atoms with Gasteiger partial charge in [-0.15, -0.1) is 0 Å². The van der Waals surface area contributed by atoms with Gasteiger partial charge in [0.05, 0.1) is 18.2 Å². The number of nitrogens with zero attached hydrogens (tertiary/aromatic N) is 3. The molecule has 0 aliphatic rings. The molecule has 5 aromatic rings. The van der Waals surface area contributed by atoms with Crippen molar-refractivity contribution in [3.63, 3.8) is 0 Å². The van der Waals surface area contributed by atoms with E-state index in [4.69, 9.17) is 10.6 Å². The third-order valence-electron chi connectivity index (χ3n) is 5.33. The first kappa shape index (κ1) is 18.8. The lowest BCUT2D eigenvalue weighted by molar-refractivity contribution is 0.415. The molecule has 0 aliphatic heterocycles. The van der Waals surface area contributed by atoms with Crippen molar-refractivity contribution in [2.24, 2.45) is 5.84 Å². The fourth-order valence-corrected chi connectivity index (χ4v) is 3.96. The second-order valence-corrected chi connectivity index (χ2v) is 7.05. The summed E-state index contributed by atoms with van der Waals surface area (Å²) in [6, 6.07) is 28.5. The number of hydrogen-bond acceptors (Lipinski definition) is 5. The number of nitrogens with one attached hydrogen (secondary N) is 1. The molecule has 0 unspecified atom stereocenters. The third kappa shape index (κ3) is 3.19. The second kappa shape index (κ2) is 7.93. The van der Waals surface area contributed by atoms with Gasteiger partial charge in [0.2, 0.25) is 0 Å². The molecule has 0 saturated heterocycles. The highest BCUT2D eigenvalue weighted by atomic mass is 16.5. The molecule has 0 saturated carbocycles. The van der Waals surface area contributed by atoms with Crippen LogP contribution in [0, 0.1) is 0 Å². The lowest BCUT2D eigenvalue weighted by Crippen LogP contribution is -2.09. The van der Waals surface area contributed by atoms with Crippen molar-refractivity contribution in [2.75, 3.05) is 12.5 Å². The van der Waals surface area contributed by atoms with Gasteiger partial charge in [0.15, 0.2) is 11.5 Å². The molecule has 2 heterocycles. The molecule has 6 heteroatoms. The zero-order valence-electron chi connectivity index (χ0n) is 17.0. The van der Waals surface area contributed by atoms with Crippen molar-refractivity contribution in [1.29, 1.82) is 0 Å². The van der Waals surface area contributed by atoms with Crippen molar-refractivity contribution in [1.82, 2.24) is 14.5 Å². The summed E-state index contributed by atoms with van der Waals surface area (Å²) in [5, 5.41) is 0.867. The number of benzene rings is 3. The van der Waals surface area contributed by atoms with Gasteiger partial charge in [-0.3, -0.25) is 4.57 Å². The Balaban J connectivity index is 1.96. The Kier molecular flexibility index (Phi) is 4.82. The van der Waals surface area contributed by atoms with Gasteiger partial charge in [-0.25, -0.2) is 15.8 Å². The SMILES string of the molecule is COc1ccc(-n2c(-c3ccccc3)c(-c3ccccc3)c3c(NN)ncnc32)cc1. The normalized spacial score (nSPS) is 10.9. The highest BCUT2D eigenvalue weighted by Gasteiger charge is 2.24. The Hall–Kier alpha value is -4.16. The first-order chi connectivity index (χ1) is 15.3. The minimum Gasteiger partial charge on any atom is -0.497 e. The predicted molar refractivity (Wildman–Crippen MR) is 124 cm³/mol. The minimum absolute atomic E-state index is 0.577. The summed E-state index contributed by atoms with van der Waals surface area (Å²) >= 11 is 0. The molecule has 3 aromatic carbocycles. The molecule has 152 valence electrons. The molecular formula is C25H21N5O. The molecule has 0 bridgehead atoms. The average Bonchev–Trinajstić information content (AvgIpc) is 3.20. The minimum atomic E-state index is 0.577. The number of anilines is 1. The lowest BCUT2D eigenvalue weighted by atomic mass is 9.99. The van der Waals surface area contributed by atoms with Crippen LogP contribution in [0.1, 0.15) is 0 Å². The molecule has 0 spiro atoms. The maximum absolute atomic E-state index is 5.87. The number of fused-ring (bicyclic) bond motifs is 1. The van der Waals surface area contributed by atoms with Crippen LogP contribution >= 0.6 is 0 Å². The largest absolute Gasteiger partial charge is 0.497 e. The maximum Gasteiger partial charge on any atom is 0.153 e. The number of nitrogens with two attached hydrogens (primary N) is 1. The maximum atomic E-state index is 5.87. The number of nitrogen functional groups attached to an aromatic ring is 1. The smallest absolute Gasteiger partial charge is 0.153 e. The second-order valence-electron chi connectivity index (χ2n) is 7.05. The molecule has 0 aliphatic carbocycles. The molecular weight excluding hydrogens is 386 g/mol. The van der Waals surface area contributed by atoms with E-state index < -0.39 is 0 Å². The molecule has 0 radical (unpaired) electrons. The number of aromatic nitrogens is 3. The summed E-state index contributed by atoms with van der Waals surface area (Å²) in [5.74, 6) is 7.24. The van der Waals surface area contributed by atoms with Gasteiger partial charge in [-0.2, -0.15) is 0 Å². The number of hydrazine groups is 1. The van der Waals surface area contributed by atoms with Crippen LogP contribution in [0.25, 0.3) is 39.1 Å². The monoisotopic (exact) mass is 407 g/mol. The van der Waals surface area contributed by atoms with E-state index in [9.17, 15) is 0 Å². The standard InChI is InChI=1S/C25H21N5O/c1-31-20-14-12-19(13-15-20)30-23(18-10-6-3-7-11-18)21(17-8-4-2-5-9-17)22-24(29-26)27-16-28-25(22)30/h2-16H,26H2,1H3,(H,27,28,29). The van der Waals surface area contributed by atoms with Crippen LogP contribution in [0.2, 0.25) is 0 Å². The van der Waals surface area contributed by atoms with E-state index in [0.29, 0.717) is 5.82 Å². The Labute approximate surface area is 179 Å². The van der Waals surface area contributed by atoms with Crippen LogP contribution in [-0.4, -0.2) is 21.6 Å². The van der Waals surface area contributed by atoms with E-state index in [1.165, 1.54) is 6.33 Å². The Morgan fingerprint density at radius 2 is 1.45 bits per heavy atom. The van der Waals surface area contributed by atoms with E-state index in [1.807, 2.05) is 60.7 Å². The number of methoxy groups -OCH3 is 1. The van der Waals surface area contributed by atoms with Crippen LogP contribution in [-0.2, 0) is 0 Å². The Bertz CT molecular complexity index is 1330. The molecule has 0 fully saturated rings. The fourth-order valence-electron chi connectivity index (χ4n) is 3.96. The van der Waals surface area contributed by atoms with Gasteiger partial charge >= 0.3 is 0 Å². The first-order valence-corrected chi connectivity index (χ1v) is 9.93. The zero-order valence-corrected chi connectivity index (χ0v) is 17.0. The predicted octanol–water partition coefficient (Wildman–Crippen LogP) is 5.05.